The molecule has 0 rings (SSSR count). The lowest BCUT2D eigenvalue weighted by Gasteiger charge is -1.60. The summed E-state index contributed by atoms with van der Waals surface area (Å²) in [5.74, 6) is 0. The van der Waals surface area contributed by atoms with Gasteiger partial charge in [0.05, 0.1) is 6.07 Å². The molecule has 0 atom stereocenters. The minimum absolute atomic E-state index is 1.43. The Labute approximate surface area is 40.6 Å². The first-order chi connectivity index (χ1) is 3.15. The highest BCUT2D eigenvalue weighted by molar-refractivity contribution is 5.53. The first kappa shape index (κ1) is 9.23. The van der Waals surface area contributed by atoms with E-state index in [2.05, 4.69) is 0 Å². The molecular weight excluding hydrogens is 98.0 g/mol. The molecule has 0 radical (unpaired) electrons. The molecule has 4 nitrogen and oxygen atoms in total. The fraction of sp³-hybridized carbons (Fsp3) is 0.333. The molecule has 0 unspecified atom stereocenters. The fourth-order valence-electron chi connectivity index (χ4n) is 0. The van der Waals surface area contributed by atoms with Crippen molar-refractivity contribution in [2.24, 2.45) is 0 Å². The smallest absolute Gasteiger partial charge is 0.450 e. The predicted octanol–water partition coefficient (Wildman–Crippen LogP) is 0.752. The van der Waals surface area contributed by atoms with Gasteiger partial charge in [0, 0.05) is 6.92 Å². The van der Waals surface area contributed by atoms with Crippen molar-refractivity contribution in [2.45, 2.75) is 6.92 Å². The molecule has 0 saturated carbocycles. The van der Waals surface area contributed by atoms with Crippen LogP contribution in [0.2, 0.25) is 0 Å². The second-order valence-corrected chi connectivity index (χ2v) is 0.506. The van der Waals surface area contributed by atoms with E-state index in [1.54, 1.807) is 6.07 Å². The highest BCUT2D eigenvalue weighted by Crippen LogP contribution is 1.42. The van der Waals surface area contributed by atoms with Gasteiger partial charge in [-0.05, 0) is 0 Å². The maximum absolute atomic E-state index is 8.56. The molecule has 0 aromatic carbocycles. The average Bonchev–Trinajstić information content (AvgIpc) is 1.33. The molecule has 0 spiro atoms. The first-order valence-corrected chi connectivity index (χ1v) is 1.37. The van der Waals surface area contributed by atoms with E-state index in [4.69, 9.17) is 20.3 Å². The number of carbonyl (C=O) groups is 1. The van der Waals surface area contributed by atoms with Crippen LogP contribution in [0, 0.1) is 11.3 Å². The molecule has 7 heavy (non-hydrogen) atoms. The molecule has 40 valence electrons. The van der Waals surface area contributed by atoms with E-state index >= 15 is 0 Å². The van der Waals surface area contributed by atoms with Gasteiger partial charge in [0.15, 0.2) is 0 Å². The zero-order valence-electron chi connectivity index (χ0n) is 3.75. The van der Waals surface area contributed by atoms with Crippen molar-refractivity contribution in [1.29, 1.82) is 5.26 Å². The van der Waals surface area contributed by atoms with Gasteiger partial charge in [0.25, 0.3) is 0 Å². The Morgan fingerprint density at radius 1 is 1.71 bits per heavy atom. The predicted molar refractivity (Wildman–Crippen MR) is 21.9 cm³/mol. The lowest BCUT2D eigenvalue weighted by molar-refractivity contribution is 0.137. The molecular formula is C3H5NO3. The molecule has 0 aliphatic rings. The Bertz CT molecular complexity index is 78.7. The summed E-state index contributed by atoms with van der Waals surface area (Å²) in [6.07, 6.45) is -1.83. The van der Waals surface area contributed by atoms with E-state index in [9.17, 15) is 0 Å². The Morgan fingerprint density at radius 3 is 1.71 bits per heavy atom. The van der Waals surface area contributed by atoms with Crippen molar-refractivity contribution in [3.63, 3.8) is 0 Å². The van der Waals surface area contributed by atoms with Crippen LogP contribution in [0.4, 0.5) is 4.79 Å². The number of nitriles is 1. The molecule has 0 amide bonds. The van der Waals surface area contributed by atoms with Gasteiger partial charge in [0.2, 0.25) is 0 Å². The van der Waals surface area contributed by atoms with Gasteiger partial charge in [-0.3, -0.25) is 0 Å². The second kappa shape index (κ2) is 8.83. The monoisotopic (exact) mass is 103 g/mol. The second-order valence-electron chi connectivity index (χ2n) is 0.506. The van der Waals surface area contributed by atoms with Gasteiger partial charge in [-0.1, -0.05) is 0 Å². The average molecular weight is 103 g/mol. The largest absolute Gasteiger partial charge is 0.503 e. The van der Waals surface area contributed by atoms with Crippen LogP contribution >= 0.6 is 0 Å². The van der Waals surface area contributed by atoms with Crippen molar-refractivity contribution < 1.29 is 15.0 Å². The van der Waals surface area contributed by atoms with E-state index in [-0.39, 0.29) is 0 Å². The highest BCUT2D eigenvalue weighted by atomic mass is 16.6. The third-order valence-electron chi connectivity index (χ3n) is 0. The summed E-state index contributed by atoms with van der Waals surface area (Å²) in [4.78, 5) is 8.56. The molecule has 0 saturated heterocycles. The molecule has 0 aliphatic carbocycles. The van der Waals surface area contributed by atoms with E-state index in [0.717, 1.165) is 0 Å². The molecule has 0 aromatic rings. The van der Waals surface area contributed by atoms with Crippen molar-refractivity contribution in [3.8, 4) is 6.07 Å². The van der Waals surface area contributed by atoms with Gasteiger partial charge in [-0.25, -0.2) is 4.79 Å². The normalized spacial score (nSPS) is 4.57. The van der Waals surface area contributed by atoms with Gasteiger partial charge in [-0.15, -0.1) is 0 Å². The van der Waals surface area contributed by atoms with Crippen LogP contribution in [-0.4, -0.2) is 16.4 Å². The van der Waals surface area contributed by atoms with E-state index in [0.29, 0.717) is 0 Å². The zero-order chi connectivity index (χ0) is 6.28. The van der Waals surface area contributed by atoms with Gasteiger partial charge in [-0.2, -0.15) is 5.26 Å². The molecule has 0 fully saturated rings. The van der Waals surface area contributed by atoms with Crippen molar-refractivity contribution >= 4 is 6.16 Å². The number of nitrogens with zero attached hydrogens (tertiary/aromatic N) is 1. The van der Waals surface area contributed by atoms with Crippen LogP contribution in [0.15, 0.2) is 0 Å². The Hall–Kier alpha value is -1.24. The van der Waals surface area contributed by atoms with Gasteiger partial charge < -0.3 is 10.2 Å². The Morgan fingerprint density at radius 2 is 1.71 bits per heavy atom. The van der Waals surface area contributed by atoms with Crippen LogP contribution in [0.5, 0.6) is 0 Å². The van der Waals surface area contributed by atoms with E-state index < -0.39 is 6.16 Å². The quantitative estimate of drug-likeness (QED) is 0.474. The Balaban J connectivity index is 0. The molecule has 0 aromatic heterocycles. The highest BCUT2D eigenvalue weighted by Gasteiger charge is 1.70. The molecule has 0 aliphatic heterocycles. The lowest BCUT2D eigenvalue weighted by atomic mass is 11.0. The Kier molecular flexibility index (Phi) is 11.7. The molecule has 0 heterocycles. The summed E-state index contributed by atoms with van der Waals surface area (Å²) in [5, 5.41) is 21.3. The summed E-state index contributed by atoms with van der Waals surface area (Å²) < 4.78 is 0. The third-order valence-corrected chi connectivity index (χ3v) is 0. The van der Waals surface area contributed by atoms with Crippen LogP contribution in [0.3, 0.4) is 0 Å². The summed E-state index contributed by atoms with van der Waals surface area (Å²) in [5.41, 5.74) is 0. The summed E-state index contributed by atoms with van der Waals surface area (Å²) >= 11 is 0. The minimum atomic E-state index is -1.83. The van der Waals surface area contributed by atoms with Crippen LogP contribution in [-0.2, 0) is 0 Å². The summed E-state index contributed by atoms with van der Waals surface area (Å²) in [6.45, 7) is 1.43. The van der Waals surface area contributed by atoms with Gasteiger partial charge in [0.1, 0.15) is 0 Å². The molecule has 4 heteroatoms. The molecule has 0 bridgehead atoms. The number of rotatable bonds is 0. The third kappa shape index (κ3) is 23.6. The summed E-state index contributed by atoms with van der Waals surface area (Å²) in [6, 6.07) is 1.75. The van der Waals surface area contributed by atoms with Crippen molar-refractivity contribution in [2.75, 3.05) is 0 Å². The van der Waals surface area contributed by atoms with E-state index in [1.165, 1.54) is 6.92 Å². The maximum Gasteiger partial charge on any atom is 0.503 e. The van der Waals surface area contributed by atoms with Crippen molar-refractivity contribution in [1.82, 2.24) is 0 Å². The fourth-order valence-corrected chi connectivity index (χ4v) is 0. The van der Waals surface area contributed by atoms with Gasteiger partial charge >= 0.3 is 6.16 Å². The topological polar surface area (TPSA) is 81.3 Å². The standard InChI is InChI=1S/C2H3N.CH2O3/c1-2-3;2-1(3)4/h1H3;(H2,2,3,4). The lowest BCUT2D eigenvalue weighted by Crippen LogP contribution is -1.81. The first-order valence-electron chi connectivity index (χ1n) is 1.37. The zero-order valence-corrected chi connectivity index (χ0v) is 3.75. The SMILES string of the molecule is CC#N.O=C(O)O. The summed E-state index contributed by atoms with van der Waals surface area (Å²) in [7, 11) is 0. The number of hydrogen-bond donors (Lipinski definition) is 2. The maximum atomic E-state index is 8.56. The van der Waals surface area contributed by atoms with Crippen LogP contribution < -0.4 is 0 Å². The number of carboxylic acid groups (broad SMARTS) is 2. The van der Waals surface area contributed by atoms with Crippen molar-refractivity contribution in [3.05, 3.63) is 0 Å². The molecule has 2 N–H and O–H groups in total. The van der Waals surface area contributed by atoms with E-state index in [1.807, 2.05) is 0 Å². The van der Waals surface area contributed by atoms with Crippen LogP contribution in [0.1, 0.15) is 6.92 Å². The van der Waals surface area contributed by atoms with Crippen LogP contribution in [0.25, 0.3) is 0 Å². The minimum Gasteiger partial charge on any atom is -0.450 e. The number of hydrogen-bond acceptors (Lipinski definition) is 2.